The first-order chi connectivity index (χ1) is 17.4. The highest BCUT2D eigenvalue weighted by molar-refractivity contribution is 6.35. The number of hydrazone groups is 1. The number of benzene rings is 3. The van der Waals surface area contributed by atoms with E-state index in [9.17, 15) is 14.4 Å². The Morgan fingerprint density at radius 3 is 2.28 bits per heavy atom. The van der Waals surface area contributed by atoms with Gasteiger partial charge in [0.15, 0.2) is 6.61 Å². The largest absolute Gasteiger partial charge is 0.497 e. The number of para-hydroxylation sites is 1. The highest BCUT2D eigenvalue weighted by atomic mass is 16.5. The summed E-state index contributed by atoms with van der Waals surface area (Å²) in [5.41, 5.74) is 6.33. The van der Waals surface area contributed by atoms with Crippen molar-refractivity contribution in [2.75, 3.05) is 19.0 Å². The van der Waals surface area contributed by atoms with E-state index in [1.807, 2.05) is 32.0 Å². The van der Waals surface area contributed by atoms with Crippen LogP contribution in [0.4, 0.5) is 5.69 Å². The Hall–Kier alpha value is -4.66. The van der Waals surface area contributed by atoms with Crippen LogP contribution in [0.25, 0.3) is 0 Å². The van der Waals surface area contributed by atoms with Gasteiger partial charge in [-0.15, -0.1) is 0 Å². The third-order valence-electron chi connectivity index (χ3n) is 5.17. The molecule has 3 rings (SSSR count). The molecule has 0 aliphatic carbocycles. The number of amides is 3. The summed E-state index contributed by atoms with van der Waals surface area (Å²) in [6.45, 7) is 3.88. The number of nitrogens with zero attached hydrogens (tertiary/aromatic N) is 1. The molecule has 0 fully saturated rings. The van der Waals surface area contributed by atoms with Gasteiger partial charge in [0, 0.05) is 12.2 Å². The van der Waals surface area contributed by atoms with Gasteiger partial charge in [-0.05, 0) is 60.4 Å². The van der Waals surface area contributed by atoms with Crippen LogP contribution in [0.1, 0.15) is 22.3 Å². The van der Waals surface area contributed by atoms with Gasteiger partial charge < -0.3 is 20.1 Å². The van der Waals surface area contributed by atoms with Gasteiger partial charge in [-0.1, -0.05) is 42.5 Å². The van der Waals surface area contributed by atoms with Crippen molar-refractivity contribution in [3.05, 3.63) is 89.0 Å². The molecular formula is C27H28N4O5. The Bertz CT molecular complexity index is 1240. The number of rotatable bonds is 9. The van der Waals surface area contributed by atoms with Crippen LogP contribution in [0, 0.1) is 13.8 Å². The molecule has 9 heteroatoms. The molecule has 0 spiro atoms. The second kappa shape index (κ2) is 12.7. The summed E-state index contributed by atoms with van der Waals surface area (Å²) in [6, 6.07) is 19.7. The molecule has 0 aliphatic heterocycles. The number of nitrogens with one attached hydrogen (secondary N) is 3. The van der Waals surface area contributed by atoms with E-state index in [-0.39, 0.29) is 19.1 Å². The lowest BCUT2D eigenvalue weighted by Gasteiger charge is -2.12. The van der Waals surface area contributed by atoms with Crippen LogP contribution in [-0.2, 0) is 20.9 Å². The summed E-state index contributed by atoms with van der Waals surface area (Å²) in [7, 11) is 1.57. The lowest BCUT2D eigenvalue weighted by atomic mass is 10.1. The molecule has 9 nitrogen and oxygen atoms in total. The summed E-state index contributed by atoms with van der Waals surface area (Å²) in [4.78, 5) is 36.3. The summed E-state index contributed by atoms with van der Waals surface area (Å²) >= 11 is 0. The number of carbonyl (C=O) groups excluding carboxylic acids is 3. The molecule has 0 aliphatic rings. The minimum absolute atomic E-state index is 0.167. The number of carbonyl (C=O) groups is 3. The first-order valence-corrected chi connectivity index (χ1v) is 11.2. The molecule has 0 radical (unpaired) electrons. The molecule has 0 saturated heterocycles. The monoisotopic (exact) mass is 488 g/mol. The quantitative estimate of drug-likeness (QED) is 0.243. The third-order valence-corrected chi connectivity index (χ3v) is 5.17. The number of hydrogen-bond acceptors (Lipinski definition) is 6. The van der Waals surface area contributed by atoms with Crippen LogP contribution >= 0.6 is 0 Å². The van der Waals surface area contributed by atoms with E-state index < -0.39 is 11.8 Å². The van der Waals surface area contributed by atoms with E-state index >= 15 is 0 Å². The standard InChI is InChI=1S/C27H28N4O5/c1-18-6-4-7-19(2)25(18)30-24(32)17-36-23-9-5-8-21(14-23)16-29-31-27(34)26(33)28-15-20-10-12-22(35-3)13-11-20/h4-14,16H,15,17H2,1-3H3,(H,28,33)(H,30,32)(H,31,34)/b29-16-. The highest BCUT2D eigenvalue weighted by Gasteiger charge is 2.12. The van der Waals surface area contributed by atoms with Crippen molar-refractivity contribution in [2.24, 2.45) is 5.10 Å². The minimum atomic E-state index is -0.893. The summed E-state index contributed by atoms with van der Waals surface area (Å²) in [5.74, 6) is -0.823. The van der Waals surface area contributed by atoms with Crippen LogP contribution < -0.4 is 25.5 Å². The van der Waals surface area contributed by atoms with Crippen LogP contribution in [0.2, 0.25) is 0 Å². The maximum Gasteiger partial charge on any atom is 0.329 e. The topological polar surface area (TPSA) is 118 Å². The molecule has 3 aromatic rings. The number of anilines is 1. The second-order valence-corrected chi connectivity index (χ2v) is 7.91. The molecule has 3 N–H and O–H groups in total. The SMILES string of the molecule is COc1ccc(CNC(=O)C(=O)N/N=C\c2cccc(OCC(=O)Nc3c(C)cccc3C)c2)cc1. The van der Waals surface area contributed by atoms with E-state index in [4.69, 9.17) is 9.47 Å². The number of hydrogen-bond donors (Lipinski definition) is 3. The predicted molar refractivity (Wildman–Crippen MR) is 137 cm³/mol. The molecular weight excluding hydrogens is 460 g/mol. The second-order valence-electron chi connectivity index (χ2n) is 7.91. The lowest BCUT2D eigenvalue weighted by Crippen LogP contribution is -2.37. The van der Waals surface area contributed by atoms with Gasteiger partial charge in [0.1, 0.15) is 11.5 Å². The third kappa shape index (κ3) is 7.69. The zero-order chi connectivity index (χ0) is 25.9. The van der Waals surface area contributed by atoms with Crippen LogP contribution in [0.5, 0.6) is 11.5 Å². The van der Waals surface area contributed by atoms with Crippen LogP contribution in [0.15, 0.2) is 71.8 Å². The van der Waals surface area contributed by atoms with Crippen molar-refractivity contribution in [3.8, 4) is 11.5 Å². The van der Waals surface area contributed by atoms with Crippen molar-refractivity contribution >= 4 is 29.6 Å². The molecule has 0 atom stereocenters. The highest BCUT2D eigenvalue weighted by Crippen LogP contribution is 2.19. The molecule has 186 valence electrons. The molecule has 0 unspecified atom stereocenters. The van der Waals surface area contributed by atoms with Crippen LogP contribution in [-0.4, -0.2) is 37.7 Å². The van der Waals surface area contributed by atoms with E-state index in [1.165, 1.54) is 6.21 Å². The molecule has 3 amide bonds. The Labute approximate surface area is 209 Å². The van der Waals surface area contributed by atoms with Crippen LogP contribution in [0.3, 0.4) is 0 Å². The smallest absolute Gasteiger partial charge is 0.329 e. The van der Waals surface area contributed by atoms with Gasteiger partial charge in [-0.25, -0.2) is 5.43 Å². The lowest BCUT2D eigenvalue weighted by molar-refractivity contribution is -0.139. The fourth-order valence-corrected chi connectivity index (χ4v) is 3.24. The fourth-order valence-electron chi connectivity index (χ4n) is 3.24. The normalized spacial score (nSPS) is 10.5. The van der Waals surface area contributed by atoms with Gasteiger partial charge in [0.05, 0.1) is 13.3 Å². The molecule has 3 aromatic carbocycles. The minimum Gasteiger partial charge on any atom is -0.497 e. The molecule has 0 saturated carbocycles. The van der Waals surface area contributed by atoms with Crippen molar-refractivity contribution in [1.29, 1.82) is 0 Å². The van der Waals surface area contributed by atoms with E-state index in [0.29, 0.717) is 17.1 Å². The summed E-state index contributed by atoms with van der Waals surface area (Å²) < 4.78 is 10.7. The first-order valence-electron chi connectivity index (χ1n) is 11.2. The first kappa shape index (κ1) is 26.0. The zero-order valence-electron chi connectivity index (χ0n) is 20.3. The maximum absolute atomic E-state index is 12.3. The van der Waals surface area contributed by atoms with Gasteiger partial charge in [0.25, 0.3) is 5.91 Å². The molecule has 0 heterocycles. The van der Waals surface area contributed by atoms with Crippen molar-refractivity contribution in [2.45, 2.75) is 20.4 Å². The van der Waals surface area contributed by atoms with E-state index in [2.05, 4.69) is 21.2 Å². The average molecular weight is 489 g/mol. The molecule has 0 bridgehead atoms. The average Bonchev–Trinajstić information content (AvgIpc) is 2.88. The number of aryl methyl sites for hydroxylation is 2. The maximum atomic E-state index is 12.3. The van der Waals surface area contributed by atoms with Crippen molar-refractivity contribution < 1.29 is 23.9 Å². The molecule has 0 aromatic heterocycles. The Morgan fingerprint density at radius 1 is 0.889 bits per heavy atom. The van der Waals surface area contributed by atoms with Gasteiger partial charge in [-0.2, -0.15) is 5.10 Å². The zero-order valence-corrected chi connectivity index (χ0v) is 20.3. The summed E-state index contributed by atoms with van der Waals surface area (Å²) in [5, 5.41) is 9.20. The number of ether oxygens (including phenoxy) is 2. The van der Waals surface area contributed by atoms with E-state index in [0.717, 1.165) is 22.4 Å². The fraction of sp³-hybridized carbons (Fsp3) is 0.185. The van der Waals surface area contributed by atoms with Crippen molar-refractivity contribution in [1.82, 2.24) is 10.7 Å². The molecule has 36 heavy (non-hydrogen) atoms. The Balaban J connectivity index is 1.45. The van der Waals surface area contributed by atoms with Gasteiger partial charge in [0.2, 0.25) is 0 Å². The van der Waals surface area contributed by atoms with Gasteiger partial charge in [-0.3, -0.25) is 14.4 Å². The van der Waals surface area contributed by atoms with Gasteiger partial charge >= 0.3 is 11.8 Å². The summed E-state index contributed by atoms with van der Waals surface area (Å²) in [6.07, 6.45) is 1.37. The van der Waals surface area contributed by atoms with E-state index in [1.54, 1.807) is 55.6 Å². The Kier molecular flexibility index (Phi) is 9.16. The Morgan fingerprint density at radius 2 is 1.58 bits per heavy atom. The van der Waals surface area contributed by atoms with Crippen molar-refractivity contribution in [3.63, 3.8) is 0 Å². The predicted octanol–water partition coefficient (Wildman–Crippen LogP) is 3.10. The number of methoxy groups -OCH3 is 1.